The van der Waals surface area contributed by atoms with Crippen LogP contribution in [0.2, 0.25) is 0 Å². The molecule has 0 aliphatic carbocycles. The monoisotopic (exact) mass is 592 g/mol. The summed E-state index contributed by atoms with van der Waals surface area (Å²) in [5.41, 5.74) is 5.43. The number of nitrogens with zero attached hydrogens (tertiary/aromatic N) is 1. The Bertz CT molecular complexity index is 2400. The second-order valence-electron chi connectivity index (χ2n) is 11.2. The highest BCUT2D eigenvalue weighted by molar-refractivity contribution is 7.20. The zero-order valence-electron chi connectivity index (χ0n) is 24.4. The highest BCUT2D eigenvalue weighted by atomic mass is 32.1. The van der Waals surface area contributed by atoms with Gasteiger partial charge in [0.05, 0.1) is 16.3 Å². The first-order chi connectivity index (χ1) is 22.2. The van der Waals surface area contributed by atoms with Crippen LogP contribution in [0.3, 0.4) is 0 Å². The molecule has 0 fully saturated rings. The van der Waals surface area contributed by atoms with E-state index in [-0.39, 0.29) is 0 Å². The van der Waals surface area contributed by atoms with Crippen LogP contribution in [0.25, 0.3) is 59.2 Å². The minimum Gasteiger partial charge on any atom is -0.300 e. The van der Waals surface area contributed by atoms with Gasteiger partial charge in [0, 0.05) is 16.5 Å². The third-order valence-corrected chi connectivity index (χ3v) is 9.55. The van der Waals surface area contributed by atoms with Crippen molar-refractivity contribution in [2.75, 3.05) is 0 Å². The van der Waals surface area contributed by atoms with Gasteiger partial charge in [0.15, 0.2) is 0 Å². The van der Waals surface area contributed by atoms with Crippen molar-refractivity contribution >= 4 is 71.4 Å². The molecule has 1 N–H and O–H groups in total. The van der Waals surface area contributed by atoms with E-state index >= 15 is 0 Å². The molecular weight excluding hydrogens is 565 g/mol. The van der Waals surface area contributed by atoms with E-state index in [4.69, 9.17) is 10.4 Å². The van der Waals surface area contributed by atoms with E-state index in [0.717, 1.165) is 38.2 Å². The van der Waals surface area contributed by atoms with Crippen LogP contribution < -0.4 is 0 Å². The summed E-state index contributed by atoms with van der Waals surface area (Å²) in [5, 5.41) is 17.5. The van der Waals surface area contributed by atoms with Crippen molar-refractivity contribution < 1.29 is 0 Å². The fourth-order valence-electron chi connectivity index (χ4n) is 6.10. The van der Waals surface area contributed by atoms with Crippen LogP contribution >= 0.6 is 11.3 Å². The highest BCUT2D eigenvalue weighted by Crippen LogP contribution is 2.35. The predicted octanol–water partition coefficient (Wildman–Crippen LogP) is 11.6. The number of rotatable bonds is 6. The molecule has 0 amide bonds. The van der Waals surface area contributed by atoms with Gasteiger partial charge in [-0.2, -0.15) is 0 Å². The summed E-state index contributed by atoms with van der Waals surface area (Å²) in [7, 11) is 0. The quantitative estimate of drug-likeness (QED) is 0.113. The second kappa shape index (κ2) is 11.5. The van der Waals surface area contributed by atoms with E-state index in [1.165, 1.54) is 37.0 Å². The van der Waals surface area contributed by atoms with Gasteiger partial charge in [-0.3, -0.25) is 4.99 Å². The Kier molecular flexibility index (Phi) is 6.86. The molecule has 1 heterocycles. The molecule has 0 saturated heterocycles. The van der Waals surface area contributed by atoms with E-state index in [9.17, 15) is 0 Å². The molecule has 7 aromatic carbocycles. The summed E-state index contributed by atoms with van der Waals surface area (Å²) in [6, 6.07) is 52.9. The summed E-state index contributed by atoms with van der Waals surface area (Å²) in [4.78, 5) is 6.21. The van der Waals surface area contributed by atoms with E-state index in [1.807, 2.05) is 42.6 Å². The van der Waals surface area contributed by atoms with Crippen LogP contribution in [0.5, 0.6) is 0 Å². The summed E-state index contributed by atoms with van der Waals surface area (Å²) in [5.74, 6) is 0. The van der Waals surface area contributed by atoms with Crippen LogP contribution in [0, 0.1) is 5.41 Å². The molecule has 45 heavy (non-hydrogen) atoms. The zero-order chi connectivity index (χ0) is 30.2. The Hall–Kier alpha value is -5.64. The molecule has 3 heteroatoms. The normalized spacial score (nSPS) is 12.1. The minimum absolute atomic E-state index is 0.424. The van der Waals surface area contributed by atoms with E-state index in [0.29, 0.717) is 5.71 Å². The number of thiophene rings is 1. The Morgan fingerprint density at radius 1 is 0.533 bits per heavy atom. The van der Waals surface area contributed by atoms with Gasteiger partial charge in [-0.1, -0.05) is 133 Å². The van der Waals surface area contributed by atoms with Crippen molar-refractivity contribution in [2.45, 2.75) is 0 Å². The van der Waals surface area contributed by atoms with Crippen molar-refractivity contribution in [3.8, 4) is 11.1 Å². The molecule has 0 saturated carbocycles. The number of fused-ring (bicyclic) bond motifs is 5. The van der Waals surface area contributed by atoms with E-state index in [2.05, 4.69) is 121 Å². The lowest BCUT2D eigenvalue weighted by molar-refractivity contribution is 1.48. The van der Waals surface area contributed by atoms with Crippen molar-refractivity contribution in [3.63, 3.8) is 0 Å². The maximum absolute atomic E-state index is 9.11. The van der Waals surface area contributed by atoms with E-state index in [1.54, 1.807) is 11.3 Å². The fourth-order valence-corrected chi connectivity index (χ4v) is 7.13. The molecule has 0 unspecified atom stereocenters. The first kappa shape index (κ1) is 26.9. The molecular formula is C42H28N2S. The molecule has 8 rings (SSSR count). The number of hydrogen-bond donors (Lipinski definition) is 1. The van der Waals surface area contributed by atoms with Crippen molar-refractivity contribution in [2.24, 2.45) is 4.99 Å². The average molecular weight is 593 g/mol. The predicted molar refractivity (Wildman–Crippen MR) is 195 cm³/mol. The van der Waals surface area contributed by atoms with Crippen molar-refractivity contribution in [3.05, 3.63) is 174 Å². The van der Waals surface area contributed by atoms with Gasteiger partial charge < -0.3 is 5.41 Å². The summed E-state index contributed by atoms with van der Waals surface area (Å²) >= 11 is 1.71. The molecule has 2 nitrogen and oxygen atoms in total. The SMILES string of the molecule is N=C(/C=C(\N=Cc1c2ccccc2cc2c1ccc1ccccc12)c1cc2ccccc2s1)c1ccc(-c2ccccc2)cc1. The second-order valence-corrected chi connectivity index (χ2v) is 12.3. The topological polar surface area (TPSA) is 36.2 Å². The molecule has 0 radical (unpaired) electrons. The number of allylic oxidation sites excluding steroid dienone is 1. The molecule has 0 spiro atoms. The van der Waals surface area contributed by atoms with Gasteiger partial charge in [-0.25, -0.2) is 0 Å². The minimum atomic E-state index is 0.424. The lowest BCUT2D eigenvalue weighted by atomic mass is 9.94. The Morgan fingerprint density at radius 2 is 1.20 bits per heavy atom. The standard InChI is InChI=1S/C42H28N2S/c43-39(31-20-18-29(19-21-31)28-10-2-1-3-11-28)26-40(42-25-33-14-6-9-17-41(33)45-42)44-27-38-35-16-8-5-13-32(35)24-37-34-15-7-4-12-30(34)22-23-36(37)38/h1-27,43H/b40-26-,43-39?,44-27?. The van der Waals surface area contributed by atoms with Crippen LogP contribution in [0.15, 0.2) is 163 Å². The van der Waals surface area contributed by atoms with E-state index < -0.39 is 0 Å². The number of nitrogens with one attached hydrogen (secondary N) is 1. The van der Waals surface area contributed by atoms with Crippen molar-refractivity contribution in [1.82, 2.24) is 0 Å². The average Bonchev–Trinajstić information content (AvgIpc) is 3.54. The van der Waals surface area contributed by atoms with Crippen LogP contribution in [0.1, 0.15) is 16.0 Å². The number of hydrogen-bond acceptors (Lipinski definition) is 3. The van der Waals surface area contributed by atoms with Crippen molar-refractivity contribution in [1.29, 1.82) is 5.41 Å². The Balaban J connectivity index is 1.26. The first-order valence-corrected chi connectivity index (χ1v) is 15.9. The fraction of sp³-hybridized carbons (Fsp3) is 0. The first-order valence-electron chi connectivity index (χ1n) is 15.0. The maximum Gasteiger partial charge on any atom is 0.0823 e. The van der Waals surface area contributed by atoms with Gasteiger partial charge in [0.25, 0.3) is 0 Å². The van der Waals surface area contributed by atoms with Gasteiger partial charge >= 0.3 is 0 Å². The van der Waals surface area contributed by atoms with Gasteiger partial charge in [0.2, 0.25) is 0 Å². The summed E-state index contributed by atoms with van der Waals surface area (Å²) < 4.78 is 1.20. The van der Waals surface area contributed by atoms with Gasteiger partial charge in [0.1, 0.15) is 0 Å². The largest absolute Gasteiger partial charge is 0.300 e. The molecule has 212 valence electrons. The highest BCUT2D eigenvalue weighted by Gasteiger charge is 2.12. The Labute approximate surface area is 265 Å². The smallest absolute Gasteiger partial charge is 0.0823 e. The third kappa shape index (κ3) is 5.14. The molecule has 0 aliphatic rings. The lowest BCUT2D eigenvalue weighted by Gasteiger charge is -2.11. The molecule has 0 aliphatic heterocycles. The number of aliphatic imine (C=N–C) groups is 1. The van der Waals surface area contributed by atoms with Crippen LogP contribution in [-0.2, 0) is 0 Å². The van der Waals surface area contributed by atoms with Gasteiger partial charge in [-0.05, 0) is 78.7 Å². The summed E-state index contributed by atoms with van der Waals surface area (Å²) in [6.45, 7) is 0. The molecule has 1 aromatic heterocycles. The third-order valence-electron chi connectivity index (χ3n) is 8.41. The Morgan fingerprint density at radius 3 is 2.00 bits per heavy atom. The summed E-state index contributed by atoms with van der Waals surface area (Å²) in [6.07, 6.45) is 3.91. The number of benzene rings is 7. The zero-order valence-corrected chi connectivity index (χ0v) is 25.3. The molecule has 0 bridgehead atoms. The van der Waals surface area contributed by atoms with Crippen LogP contribution in [0.4, 0.5) is 0 Å². The molecule has 8 aromatic rings. The molecule has 0 atom stereocenters. The lowest BCUT2D eigenvalue weighted by Crippen LogP contribution is -1.96. The van der Waals surface area contributed by atoms with Crippen LogP contribution in [-0.4, -0.2) is 11.9 Å². The maximum atomic E-state index is 9.11. The van der Waals surface area contributed by atoms with Gasteiger partial charge in [-0.15, -0.1) is 11.3 Å².